The lowest BCUT2D eigenvalue weighted by atomic mass is 10.00. The molecule has 0 aliphatic carbocycles. The number of benzene rings is 1. The Kier molecular flexibility index (Phi) is 4.38. The standard InChI is InChI=1S/C18H22ClN3O2S/c1-13-10-20-21(11-13)17-8-15-6-7-16(9-17)22(15)25(23,24)12-14-4-2-3-5-18(14)19/h2-5,10-11,15-17H,6-9,12H2,1H3. The van der Waals surface area contributed by atoms with Crippen molar-refractivity contribution in [1.29, 1.82) is 0 Å². The van der Waals surface area contributed by atoms with Gasteiger partial charge in [-0.3, -0.25) is 4.68 Å². The maximum Gasteiger partial charge on any atom is 0.218 e. The third-order valence-corrected chi connectivity index (χ3v) is 7.65. The Balaban J connectivity index is 1.55. The normalized spacial score (nSPS) is 26.9. The van der Waals surface area contributed by atoms with Crippen LogP contribution in [0.25, 0.3) is 0 Å². The van der Waals surface area contributed by atoms with Crippen LogP contribution in [0.2, 0.25) is 5.02 Å². The Bertz CT molecular complexity index is 866. The van der Waals surface area contributed by atoms with Crippen molar-refractivity contribution in [2.24, 2.45) is 0 Å². The lowest BCUT2D eigenvalue weighted by molar-refractivity contribution is 0.184. The van der Waals surface area contributed by atoms with Gasteiger partial charge in [0.15, 0.2) is 0 Å². The largest absolute Gasteiger partial charge is 0.269 e. The molecule has 7 heteroatoms. The Morgan fingerprint density at radius 1 is 1.16 bits per heavy atom. The molecule has 2 unspecified atom stereocenters. The van der Waals surface area contributed by atoms with Crippen LogP contribution in [0.5, 0.6) is 0 Å². The second-order valence-corrected chi connectivity index (χ2v) is 9.47. The van der Waals surface area contributed by atoms with Crippen molar-refractivity contribution in [2.75, 3.05) is 0 Å². The molecule has 2 aromatic rings. The zero-order chi connectivity index (χ0) is 17.6. The van der Waals surface area contributed by atoms with Crippen LogP contribution >= 0.6 is 11.6 Å². The van der Waals surface area contributed by atoms with Gasteiger partial charge in [0.2, 0.25) is 10.0 Å². The number of nitrogens with zero attached hydrogens (tertiary/aromatic N) is 3. The highest BCUT2D eigenvalue weighted by Crippen LogP contribution is 2.43. The number of aryl methyl sites for hydroxylation is 1. The molecule has 0 N–H and O–H groups in total. The van der Waals surface area contributed by atoms with Crippen molar-refractivity contribution in [3.8, 4) is 0 Å². The molecule has 0 spiro atoms. The highest BCUT2D eigenvalue weighted by Gasteiger charge is 2.47. The van der Waals surface area contributed by atoms with E-state index in [4.69, 9.17) is 11.6 Å². The molecule has 2 saturated heterocycles. The summed E-state index contributed by atoms with van der Waals surface area (Å²) >= 11 is 6.17. The van der Waals surface area contributed by atoms with Crippen LogP contribution in [0, 0.1) is 6.92 Å². The SMILES string of the molecule is Cc1cnn(C2CC3CCC(C2)N3S(=O)(=O)Cc2ccccc2Cl)c1. The van der Waals surface area contributed by atoms with Crippen molar-refractivity contribution in [2.45, 2.75) is 56.5 Å². The van der Waals surface area contributed by atoms with Gasteiger partial charge in [-0.25, -0.2) is 8.42 Å². The molecule has 3 heterocycles. The van der Waals surface area contributed by atoms with E-state index >= 15 is 0 Å². The van der Waals surface area contributed by atoms with Gasteiger partial charge >= 0.3 is 0 Å². The minimum absolute atomic E-state index is 0.0226. The van der Waals surface area contributed by atoms with E-state index in [-0.39, 0.29) is 23.9 Å². The van der Waals surface area contributed by atoms with Gasteiger partial charge in [-0.15, -0.1) is 0 Å². The monoisotopic (exact) mass is 379 g/mol. The van der Waals surface area contributed by atoms with Crippen molar-refractivity contribution >= 4 is 21.6 Å². The summed E-state index contributed by atoms with van der Waals surface area (Å²) in [6.07, 6.45) is 7.45. The van der Waals surface area contributed by atoms with Gasteiger partial charge in [-0.1, -0.05) is 29.8 Å². The van der Waals surface area contributed by atoms with Crippen LogP contribution in [-0.2, 0) is 15.8 Å². The fourth-order valence-corrected chi connectivity index (χ4v) is 6.66. The number of hydrogen-bond donors (Lipinski definition) is 0. The summed E-state index contributed by atoms with van der Waals surface area (Å²) in [5.41, 5.74) is 1.81. The summed E-state index contributed by atoms with van der Waals surface area (Å²) < 4.78 is 29.9. The van der Waals surface area contributed by atoms with Crippen LogP contribution in [-0.4, -0.2) is 34.6 Å². The van der Waals surface area contributed by atoms with E-state index in [0.29, 0.717) is 10.6 Å². The molecule has 2 aliphatic heterocycles. The molecule has 2 bridgehead atoms. The van der Waals surface area contributed by atoms with Crippen molar-refractivity contribution in [3.63, 3.8) is 0 Å². The third-order valence-electron chi connectivity index (χ3n) is 5.36. The number of rotatable bonds is 4. The lowest BCUT2D eigenvalue weighted by Crippen LogP contribution is -2.47. The second kappa shape index (κ2) is 6.41. The fourth-order valence-electron chi connectivity index (χ4n) is 4.29. The average Bonchev–Trinajstić information content (AvgIpc) is 3.11. The first-order chi connectivity index (χ1) is 11.9. The molecule has 4 rings (SSSR count). The fraction of sp³-hybridized carbons (Fsp3) is 0.500. The molecule has 5 nitrogen and oxygen atoms in total. The number of piperidine rings is 1. The van der Waals surface area contributed by atoms with Crippen molar-refractivity contribution < 1.29 is 8.42 Å². The summed E-state index contributed by atoms with van der Waals surface area (Å²) in [4.78, 5) is 0. The van der Waals surface area contributed by atoms with Crippen molar-refractivity contribution in [3.05, 3.63) is 52.8 Å². The Morgan fingerprint density at radius 3 is 2.44 bits per heavy atom. The Labute approximate surface area is 153 Å². The van der Waals surface area contributed by atoms with Gasteiger partial charge in [0.05, 0.1) is 18.0 Å². The average molecular weight is 380 g/mol. The van der Waals surface area contributed by atoms with Crippen LogP contribution in [0.4, 0.5) is 0 Å². The van der Waals surface area contributed by atoms with Gasteiger partial charge < -0.3 is 0 Å². The summed E-state index contributed by atoms with van der Waals surface area (Å²) in [6.45, 7) is 2.03. The van der Waals surface area contributed by atoms with E-state index in [1.807, 2.05) is 29.9 Å². The van der Waals surface area contributed by atoms with E-state index in [2.05, 4.69) is 11.3 Å². The van der Waals surface area contributed by atoms with Crippen LogP contribution in [0.15, 0.2) is 36.7 Å². The minimum atomic E-state index is -3.38. The zero-order valence-corrected chi connectivity index (χ0v) is 15.7. The first kappa shape index (κ1) is 17.1. The molecular weight excluding hydrogens is 358 g/mol. The van der Waals surface area contributed by atoms with Crippen LogP contribution in [0.3, 0.4) is 0 Å². The summed E-state index contributed by atoms with van der Waals surface area (Å²) in [7, 11) is -3.38. The first-order valence-corrected chi connectivity index (χ1v) is 10.7. The van der Waals surface area contributed by atoms with Gasteiger partial charge in [-0.2, -0.15) is 9.40 Å². The first-order valence-electron chi connectivity index (χ1n) is 8.69. The topological polar surface area (TPSA) is 55.2 Å². The molecule has 2 fully saturated rings. The quantitative estimate of drug-likeness (QED) is 0.816. The Hall–Kier alpha value is -1.37. The summed E-state index contributed by atoms with van der Waals surface area (Å²) in [6, 6.07) is 7.62. The molecule has 1 aromatic carbocycles. The van der Waals surface area contributed by atoms with E-state index < -0.39 is 10.0 Å². The maximum atomic E-state index is 13.1. The van der Waals surface area contributed by atoms with Gasteiger partial charge in [0.1, 0.15) is 0 Å². The second-order valence-electron chi connectivity index (χ2n) is 7.19. The number of halogens is 1. The highest BCUT2D eigenvalue weighted by atomic mass is 35.5. The van der Waals surface area contributed by atoms with E-state index in [9.17, 15) is 8.42 Å². The maximum absolute atomic E-state index is 13.1. The predicted molar refractivity (Wildman–Crippen MR) is 98.0 cm³/mol. The highest BCUT2D eigenvalue weighted by molar-refractivity contribution is 7.88. The Morgan fingerprint density at radius 2 is 1.84 bits per heavy atom. The molecule has 0 saturated carbocycles. The number of sulfonamides is 1. The van der Waals surface area contributed by atoms with Gasteiger partial charge in [0, 0.05) is 23.3 Å². The number of hydrogen-bond acceptors (Lipinski definition) is 3. The molecule has 2 aliphatic rings. The van der Waals surface area contributed by atoms with Crippen molar-refractivity contribution in [1.82, 2.24) is 14.1 Å². The summed E-state index contributed by atoms with van der Waals surface area (Å²) in [5.74, 6) is -0.0226. The van der Waals surface area contributed by atoms with Crippen LogP contribution in [0.1, 0.15) is 42.9 Å². The molecule has 2 atom stereocenters. The minimum Gasteiger partial charge on any atom is -0.269 e. The lowest BCUT2D eigenvalue weighted by Gasteiger charge is -2.38. The van der Waals surface area contributed by atoms with E-state index in [1.165, 1.54) is 0 Å². The molecule has 134 valence electrons. The third kappa shape index (κ3) is 3.23. The molecule has 1 aromatic heterocycles. The molecule has 0 radical (unpaired) electrons. The van der Waals surface area contributed by atoms with Gasteiger partial charge in [0.25, 0.3) is 0 Å². The number of fused-ring (bicyclic) bond motifs is 2. The molecule has 25 heavy (non-hydrogen) atoms. The van der Waals surface area contributed by atoms with E-state index in [1.54, 1.807) is 16.4 Å². The predicted octanol–water partition coefficient (Wildman–Crippen LogP) is 3.54. The van der Waals surface area contributed by atoms with E-state index in [0.717, 1.165) is 31.2 Å². The van der Waals surface area contributed by atoms with Gasteiger partial charge in [-0.05, 0) is 49.8 Å². The molecular formula is C18H22ClN3O2S. The number of aromatic nitrogens is 2. The smallest absolute Gasteiger partial charge is 0.218 e. The van der Waals surface area contributed by atoms with Crippen LogP contribution < -0.4 is 0 Å². The zero-order valence-electron chi connectivity index (χ0n) is 14.2. The summed E-state index contributed by atoms with van der Waals surface area (Å²) in [5, 5.41) is 4.95. The molecule has 0 amide bonds.